The number of carbonyl (C=O) groups is 4. The normalized spacial score (nSPS) is 10.3. The van der Waals surface area contributed by atoms with Crippen LogP contribution in [-0.4, -0.2) is 85.3 Å². The maximum atomic E-state index is 12.4. The number of hydrogen-bond donors (Lipinski definition) is 4. The minimum atomic E-state index is -1.26. The Morgan fingerprint density at radius 3 is 2.24 bits per heavy atom. The van der Waals surface area contributed by atoms with E-state index >= 15 is 0 Å². The highest BCUT2D eigenvalue weighted by Crippen LogP contribution is 2.26. The lowest BCUT2D eigenvalue weighted by Gasteiger charge is -2.10. The lowest BCUT2D eigenvalue weighted by molar-refractivity contribution is -0.134. The number of carboxylic acids is 2. The third-order valence-electron chi connectivity index (χ3n) is 3.82. The Morgan fingerprint density at radius 1 is 1.06 bits per heavy atom. The van der Waals surface area contributed by atoms with Crippen molar-refractivity contribution in [2.24, 2.45) is 0 Å². The Balaban J connectivity index is 0.000000620. The first-order chi connectivity index (χ1) is 16.1. The summed E-state index contributed by atoms with van der Waals surface area (Å²) in [5.74, 6) is -2.19. The van der Waals surface area contributed by atoms with Gasteiger partial charge in [0.1, 0.15) is 17.2 Å². The van der Waals surface area contributed by atoms with Gasteiger partial charge in [0.15, 0.2) is 5.13 Å². The Hall–Kier alpha value is -3.97. The summed E-state index contributed by atoms with van der Waals surface area (Å²) in [6.07, 6.45) is 1.12. The van der Waals surface area contributed by atoms with Gasteiger partial charge in [0.25, 0.3) is 11.8 Å². The van der Waals surface area contributed by atoms with E-state index in [0.29, 0.717) is 40.9 Å². The molecule has 0 aliphatic rings. The summed E-state index contributed by atoms with van der Waals surface area (Å²) in [6.45, 7) is 1.25. The fourth-order valence-corrected chi connectivity index (χ4v) is 2.90. The number of nitrogens with one attached hydrogen (secondary N) is 2. The number of carbonyl (C=O) groups excluding carboxylic acids is 2. The molecule has 12 nitrogen and oxygen atoms in total. The molecule has 0 radical (unpaired) electrons. The van der Waals surface area contributed by atoms with Crippen LogP contribution in [0.5, 0.6) is 11.5 Å². The van der Waals surface area contributed by atoms with Crippen molar-refractivity contribution in [1.82, 2.24) is 15.2 Å². The van der Waals surface area contributed by atoms with Crippen LogP contribution >= 0.6 is 11.3 Å². The molecule has 0 unspecified atom stereocenters. The van der Waals surface area contributed by atoms with Gasteiger partial charge in [0.05, 0.1) is 19.8 Å². The van der Waals surface area contributed by atoms with Crippen molar-refractivity contribution >= 4 is 40.2 Å². The molecule has 34 heavy (non-hydrogen) atoms. The van der Waals surface area contributed by atoms with E-state index in [9.17, 15) is 19.2 Å². The molecular weight excluding hydrogens is 468 g/mol. The highest BCUT2D eigenvalue weighted by molar-refractivity contribution is 7.14. The third kappa shape index (κ3) is 10.1. The summed E-state index contributed by atoms with van der Waals surface area (Å²) in [5.41, 5.74) is 0.617. The van der Waals surface area contributed by atoms with Gasteiger partial charge < -0.3 is 29.9 Å². The highest BCUT2D eigenvalue weighted by Gasteiger charge is 2.16. The number of methoxy groups -OCH3 is 2. The fraction of sp³-hybridized carbons (Fsp3) is 0.286. The predicted molar refractivity (Wildman–Crippen MR) is 125 cm³/mol. The molecule has 0 aliphatic heterocycles. The van der Waals surface area contributed by atoms with Gasteiger partial charge >= 0.3 is 11.9 Å². The van der Waals surface area contributed by atoms with Crippen molar-refractivity contribution in [3.63, 3.8) is 0 Å². The summed E-state index contributed by atoms with van der Waals surface area (Å²) >= 11 is 1.18. The SMILES string of the molecule is COc1ccc(C(=O)Nc2nc(C(=O)NCCN(C)C)cs2)c(OC)c1.O=C(O)C=CC(=O)O. The van der Waals surface area contributed by atoms with Crippen LogP contribution in [0.3, 0.4) is 0 Å². The lowest BCUT2D eigenvalue weighted by Crippen LogP contribution is -2.31. The molecule has 184 valence electrons. The molecule has 1 heterocycles. The van der Waals surface area contributed by atoms with Crippen LogP contribution in [0.15, 0.2) is 35.7 Å². The summed E-state index contributed by atoms with van der Waals surface area (Å²) in [4.78, 5) is 49.7. The lowest BCUT2D eigenvalue weighted by atomic mass is 10.2. The zero-order valence-corrected chi connectivity index (χ0v) is 19.8. The van der Waals surface area contributed by atoms with E-state index in [0.717, 1.165) is 6.54 Å². The van der Waals surface area contributed by atoms with Crippen molar-refractivity contribution in [3.8, 4) is 11.5 Å². The topological polar surface area (TPSA) is 167 Å². The van der Waals surface area contributed by atoms with Crippen molar-refractivity contribution in [2.45, 2.75) is 0 Å². The summed E-state index contributed by atoms with van der Waals surface area (Å²) < 4.78 is 10.3. The minimum absolute atomic E-state index is 0.269. The molecule has 2 rings (SSSR count). The van der Waals surface area contributed by atoms with E-state index in [-0.39, 0.29) is 17.5 Å². The fourth-order valence-electron chi connectivity index (χ4n) is 2.21. The quantitative estimate of drug-likeness (QED) is 0.355. The minimum Gasteiger partial charge on any atom is -0.497 e. The van der Waals surface area contributed by atoms with Crippen molar-refractivity contribution < 1.29 is 38.9 Å². The second-order valence-corrected chi connectivity index (χ2v) is 7.49. The molecule has 0 fully saturated rings. The van der Waals surface area contributed by atoms with E-state index in [1.165, 1.54) is 25.6 Å². The molecule has 1 aromatic carbocycles. The average molecular weight is 495 g/mol. The van der Waals surface area contributed by atoms with E-state index in [2.05, 4.69) is 15.6 Å². The molecule has 1 aromatic heterocycles. The smallest absolute Gasteiger partial charge is 0.328 e. The van der Waals surface area contributed by atoms with Gasteiger partial charge in [-0.05, 0) is 26.2 Å². The van der Waals surface area contributed by atoms with Crippen LogP contribution in [0.25, 0.3) is 0 Å². The van der Waals surface area contributed by atoms with Gasteiger partial charge in [-0.3, -0.25) is 14.9 Å². The van der Waals surface area contributed by atoms with E-state index in [1.807, 2.05) is 19.0 Å². The second-order valence-electron chi connectivity index (χ2n) is 6.63. The number of hydrogen-bond acceptors (Lipinski definition) is 9. The standard InChI is InChI=1S/C17H22N4O4S.C4H4O4/c1-21(2)8-7-18-16(23)13-10-26-17(19-13)20-15(22)12-6-5-11(24-3)9-14(12)25-4;5-3(6)1-2-4(7)8/h5-6,9-10H,7-8H2,1-4H3,(H,18,23)(H,19,20,22);1-2H,(H,5,6)(H,7,8). The Bertz CT molecular complexity index is 1020. The number of aromatic nitrogens is 1. The number of amides is 2. The number of anilines is 1. The number of benzene rings is 1. The Labute approximate surface area is 199 Å². The number of thiazole rings is 1. The molecule has 0 saturated heterocycles. The van der Waals surface area contributed by atoms with Crippen LogP contribution < -0.4 is 20.1 Å². The molecule has 0 atom stereocenters. The molecular formula is C21H26N4O8S. The zero-order valence-electron chi connectivity index (χ0n) is 19.0. The van der Waals surface area contributed by atoms with Gasteiger partial charge in [-0.2, -0.15) is 0 Å². The highest BCUT2D eigenvalue weighted by atomic mass is 32.1. The van der Waals surface area contributed by atoms with Crippen LogP contribution in [0.1, 0.15) is 20.8 Å². The van der Waals surface area contributed by atoms with Gasteiger partial charge in [-0.15, -0.1) is 11.3 Å². The number of nitrogens with zero attached hydrogens (tertiary/aromatic N) is 2. The summed E-state index contributed by atoms with van der Waals surface area (Å²) in [5, 5.41) is 23.0. The number of aliphatic carboxylic acids is 2. The maximum absolute atomic E-state index is 12.4. The third-order valence-corrected chi connectivity index (χ3v) is 4.58. The molecule has 0 saturated carbocycles. The second kappa shape index (κ2) is 14.2. The predicted octanol–water partition coefficient (Wildman–Crippen LogP) is 1.42. The molecule has 13 heteroatoms. The zero-order chi connectivity index (χ0) is 25.7. The van der Waals surface area contributed by atoms with Gasteiger partial charge in [0.2, 0.25) is 0 Å². The number of likely N-dealkylation sites (N-methyl/N-ethyl adjacent to an activating group) is 1. The first-order valence-electron chi connectivity index (χ1n) is 9.63. The van der Waals surface area contributed by atoms with Gasteiger partial charge in [0, 0.05) is 36.7 Å². The average Bonchev–Trinajstić information content (AvgIpc) is 3.25. The molecule has 0 aliphatic carbocycles. The van der Waals surface area contributed by atoms with E-state index in [1.54, 1.807) is 23.6 Å². The Kier molecular flexibility index (Phi) is 11.7. The monoisotopic (exact) mass is 494 g/mol. The number of rotatable bonds is 10. The molecule has 2 aromatic rings. The van der Waals surface area contributed by atoms with Crippen LogP contribution in [0, 0.1) is 0 Å². The van der Waals surface area contributed by atoms with Gasteiger partial charge in [-0.1, -0.05) is 0 Å². The number of carboxylic acid groups (broad SMARTS) is 2. The van der Waals surface area contributed by atoms with Crippen LogP contribution in [0.4, 0.5) is 5.13 Å². The number of ether oxygens (including phenoxy) is 2. The van der Waals surface area contributed by atoms with Crippen molar-refractivity contribution in [2.75, 3.05) is 46.7 Å². The molecule has 4 N–H and O–H groups in total. The van der Waals surface area contributed by atoms with E-state index in [4.69, 9.17) is 19.7 Å². The van der Waals surface area contributed by atoms with Crippen molar-refractivity contribution in [3.05, 3.63) is 47.0 Å². The van der Waals surface area contributed by atoms with E-state index < -0.39 is 11.9 Å². The summed E-state index contributed by atoms with van der Waals surface area (Å²) in [6, 6.07) is 4.90. The van der Waals surface area contributed by atoms with Crippen molar-refractivity contribution in [1.29, 1.82) is 0 Å². The molecule has 2 amide bonds. The van der Waals surface area contributed by atoms with Crippen LogP contribution in [-0.2, 0) is 9.59 Å². The maximum Gasteiger partial charge on any atom is 0.328 e. The molecule has 0 spiro atoms. The first kappa shape index (κ1) is 28.1. The van der Waals surface area contributed by atoms with Crippen LogP contribution in [0.2, 0.25) is 0 Å². The Morgan fingerprint density at radius 2 is 1.71 bits per heavy atom. The first-order valence-corrected chi connectivity index (χ1v) is 10.5. The largest absolute Gasteiger partial charge is 0.497 e. The summed E-state index contributed by atoms with van der Waals surface area (Å²) in [7, 11) is 6.87. The van der Waals surface area contributed by atoms with Gasteiger partial charge in [-0.25, -0.2) is 14.6 Å². The molecule has 0 bridgehead atoms.